The molecule has 0 spiro atoms. The lowest BCUT2D eigenvalue weighted by atomic mass is 10.3. The van der Waals surface area contributed by atoms with Crippen LogP contribution in [-0.4, -0.2) is 12.1 Å². The van der Waals surface area contributed by atoms with E-state index in [1.807, 2.05) is 0 Å². The average molecular weight is 141 g/mol. The van der Waals surface area contributed by atoms with Gasteiger partial charge in [-0.25, -0.2) is 9.37 Å². The number of ether oxygens (including phenoxy) is 1. The molecule has 0 radical (unpaired) electrons. The highest BCUT2D eigenvalue weighted by Crippen LogP contribution is 2.13. The van der Waals surface area contributed by atoms with Crippen LogP contribution in [0.4, 0.5) is 4.39 Å². The Hall–Kier alpha value is -1.12. The van der Waals surface area contributed by atoms with Gasteiger partial charge in [0.15, 0.2) is 0 Å². The van der Waals surface area contributed by atoms with Crippen LogP contribution in [0.15, 0.2) is 18.3 Å². The normalized spacial score (nSPS) is 9.40. The van der Waals surface area contributed by atoms with Gasteiger partial charge in [-0.1, -0.05) is 0 Å². The number of hydrogen-bond donors (Lipinski definition) is 0. The van der Waals surface area contributed by atoms with Crippen LogP contribution in [0, 0.1) is 0 Å². The number of rotatable bonds is 2. The van der Waals surface area contributed by atoms with E-state index in [-0.39, 0.29) is 0 Å². The Bertz CT molecular complexity index is 192. The van der Waals surface area contributed by atoms with E-state index in [0.29, 0.717) is 11.4 Å². The molecule has 0 atom stereocenters. The molecule has 1 aromatic rings. The molecule has 2 nitrogen and oxygen atoms in total. The van der Waals surface area contributed by atoms with Crippen molar-refractivity contribution in [3.8, 4) is 5.88 Å². The summed E-state index contributed by atoms with van der Waals surface area (Å²) in [5.74, 6) is 0.366. The Morgan fingerprint density at radius 3 is 3.00 bits per heavy atom. The van der Waals surface area contributed by atoms with Gasteiger partial charge in [-0.05, 0) is 12.1 Å². The molecule has 0 aliphatic heterocycles. The predicted octanol–water partition coefficient (Wildman–Crippen LogP) is 1.56. The van der Waals surface area contributed by atoms with E-state index in [9.17, 15) is 4.39 Å². The fraction of sp³-hybridized carbons (Fsp3) is 0.286. The molecule has 10 heavy (non-hydrogen) atoms. The number of methoxy groups -OCH3 is 1. The van der Waals surface area contributed by atoms with E-state index >= 15 is 0 Å². The van der Waals surface area contributed by atoms with Gasteiger partial charge >= 0.3 is 0 Å². The molecule has 1 heterocycles. The first kappa shape index (κ1) is 6.99. The smallest absolute Gasteiger partial charge is 0.218 e. The van der Waals surface area contributed by atoms with Crippen LogP contribution in [0.25, 0.3) is 0 Å². The fourth-order valence-corrected chi connectivity index (χ4v) is 0.710. The Balaban J connectivity index is 2.96. The van der Waals surface area contributed by atoms with Gasteiger partial charge in [0, 0.05) is 11.8 Å². The molecule has 1 rings (SSSR count). The molecular weight excluding hydrogens is 133 g/mol. The molecule has 0 saturated carbocycles. The third-order valence-corrected chi connectivity index (χ3v) is 1.19. The lowest BCUT2D eigenvalue weighted by Gasteiger charge is -2.00. The van der Waals surface area contributed by atoms with Gasteiger partial charge in [0.2, 0.25) is 5.88 Å². The van der Waals surface area contributed by atoms with Crippen LogP contribution in [0.1, 0.15) is 5.56 Å². The third-order valence-electron chi connectivity index (χ3n) is 1.19. The average Bonchev–Trinajstić information content (AvgIpc) is 2.04. The van der Waals surface area contributed by atoms with Gasteiger partial charge in [-0.2, -0.15) is 0 Å². The summed E-state index contributed by atoms with van der Waals surface area (Å²) in [6, 6.07) is 3.32. The zero-order valence-electron chi connectivity index (χ0n) is 5.67. The van der Waals surface area contributed by atoms with Crippen molar-refractivity contribution in [3.63, 3.8) is 0 Å². The van der Waals surface area contributed by atoms with Crippen molar-refractivity contribution in [2.24, 2.45) is 0 Å². The number of pyridine rings is 1. The summed E-state index contributed by atoms with van der Waals surface area (Å²) in [5.41, 5.74) is 0.491. The zero-order valence-corrected chi connectivity index (χ0v) is 5.67. The third kappa shape index (κ3) is 1.23. The van der Waals surface area contributed by atoms with Crippen molar-refractivity contribution in [2.75, 3.05) is 7.11 Å². The van der Waals surface area contributed by atoms with Crippen LogP contribution < -0.4 is 4.74 Å². The van der Waals surface area contributed by atoms with Crippen LogP contribution in [0.5, 0.6) is 5.88 Å². The monoisotopic (exact) mass is 141 g/mol. The summed E-state index contributed by atoms with van der Waals surface area (Å²) in [6.45, 7) is -0.531. The molecule has 54 valence electrons. The van der Waals surface area contributed by atoms with Crippen molar-refractivity contribution in [1.82, 2.24) is 4.98 Å². The molecule has 1 aromatic heterocycles. The van der Waals surface area contributed by atoms with Crippen LogP contribution >= 0.6 is 0 Å². The van der Waals surface area contributed by atoms with Gasteiger partial charge < -0.3 is 4.74 Å². The van der Waals surface area contributed by atoms with E-state index in [2.05, 4.69) is 4.98 Å². The number of halogens is 1. The topological polar surface area (TPSA) is 22.1 Å². The molecule has 0 bridgehead atoms. The molecular formula is C7H8FNO. The van der Waals surface area contributed by atoms with E-state index in [4.69, 9.17) is 4.74 Å². The first-order valence-corrected chi connectivity index (χ1v) is 2.92. The molecule has 0 N–H and O–H groups in total. The zero-order chi connectivity index (χ0) is 7.40. The minimum absolute atomic E-state index is 0.366. The van der Waals surface area contributed by atoms with Gasteiger partial charge in [0.05, 0.1) is 7.11 Å². The molecule has 0 unspecified atom stereocenters. The molecule has 0 fully saturated rings. The summed E-state index contributed by atoms with van der Waals surface area (Å²) >= 11 is 0. The van der Waals surface area contributed by atoms with E-state index in [0.717, 1.165) is 0 Å². The molecule has 3 heteroatoms. The van der Waals surface area contributed by atoms with Gasteiger partial charge in [0.1, 0.15) is 6.67 Å². The molecule has 0 aliphatic rings. The number of aromatic nitrogens is 1. The fourth-order valence-electron chi connectivity index (χ4n) is 0.710. The van der Waals surface area contributed by atoms with Crippen LogP contribution in [0.3, 0.4) is 0 Å². The maximum absolute atomic E-state index is 12.1. The second-order valence-corrected chi connectivity index (χ2v) is 1.81. The Morgan fingerprint density at radius 1 is 1.70 bits per heavy atom. The molecule has 0 aliphatic carbocycles. The van der Waals surface area contributed by atoms with Gasteiger partial charge in [0.25, 0.3) is 0 Å². The lowest BCUT2D eigenvalue weighted by Crippen LogP contribution is -1.91. The highest BCUT2D eigenvalue weighted by Gasteiger charge is 1.99. The largest absolute Gasteiger partial charge is 0.481 e. The lowest BCUT2D eigenvalue weighted by molar-refractivity contribution is 0.378. The maximum Gasteiger partial charge on any atom is 0.218 e. The highest BCUT2D eigenvalue weighted by atomic mass is 19.1. The van der Waals surface area contributed by atoms with Crippen molar-refractivity contribution >= 4 is 0 Å². The maximum atomic E-state index is 12.1. The quantitative estimate of drug-likeness (QED) is 0.623. The summed E-state index contributed by atoms with van der Waals surface area (Å²) in [5, 5.41) is 0. The minimum atomic E-state index is -0.531. The Morgan fingerprint density at radius 2 is 2.50 bits per heavy atom. The number of hydrogen-bond acceptors (Lipinski definition) is 2. The Kier molecular flexibility index (Phi) is 2.20. The van der Waals surface area contributed by atoms with E-state index in [1.165, 1.54) is 7.11 Å². The summed E-state index contributed by atoms with van der Waals surface area (Å²) in [4.78, 5) is 3.81. The SMILES string of the molecule is COc1ncccc1CF. The van der Waals surface area contributed by atoms with Crippen LogP contribution in [-0.2, 0) is 6.67 Å². The van der Waals surface area contributed by atoms with Crippen LogP contribution in [0.2, 0.25) is 0 Å². The summed E-state index contributed by atoms with van der Waals surface area (Å²) in [7, 11) is 1.47. The standard InChI is InChI=1S/C7H8FNO/c1-10-7-6(5-8)3-2-4-9-7/h2-4H,5H2,1H3. The number of alkyl halides is 1. The van der Waals surface area contributed by atoms with E-state index in [1.54, 1.807) is 18.3 Å². The first-order chi connectivity index (χ1) is 4.88. The highest BCUT2D eigenvalue weighted by molar-refractivity contribution is 5.24. The van der Waals surface area contributed by atoms with Crippen molar-refractivity contribution in [3.05, 3.63) is 23.9 Å². The predicted molar refractivity (Wildman–Crippen MR) is 35.6 cm³/mol. The Labute approximate surface area is 58.7 Å². The van der Waals surface area contributed by atoms with Crippen molar-refractivity contribution < 1.29 is 9.13 Å². The second kappa shape index (κ2) is 3.15. The molecule has 0 amide bonds. The summed E-state index contributed by atoms with van der Waals surface area (Å²) in [6.07, 6.45) is 1.57. The van der Waals surface area contributed by atoms with E-state index < -0.39 is 6.67 Å². The molecule has 0 aromatic carbocycles. The summed E-state index contributed by atoms with van der Waals surface area (Å²) < 4.78 is 16.8. The minimum Gasteiger partial charge on any atom is -0.481 e. The van der Waals surface area contributed by atoms with Gasteiger partial charge in [-0.3, -0.25) is 0 Å². The second-order valence-electron chi connectivity index (χ2n) is 1.81. The van der Waals surface area contributed by atoms with Gasteiger partial charge in [-0.15, -0.1) is 0 Å². The number of nitrogens with zero attached hydrogens (tertiary/aromatic N) is 1. The van der Waals surface area contributed by atoms with Crippen molar-refractivity contribution in [1.29, 1.82) is 0 Å². The van der Waals surface area contributed by atoms with Crippen molar-refractivity contribution in [2.45, 2.75) is 6.67 Å². The molecule has 0 saturated heterocycles. The first-order valence-electron chi connectivity index (χ1n) is 2.92.